The van der Waals surface area contributed by atoms with Crippen LogP contribution in [0.4, 0.5) is 0 Å². The van der Waals surface area contributed by atoms with Crippen molar-refractivity contribution in [2.24, 2.45) is 17.4 Å². The summed E-state index contributed by atoms with van der Waals surface area (Å²) >= 11 is 0. The third kappa shape index (κ3) is 11.6. The molecule has 208 valence electrons. The number of phenolic OH excluding ortho intramolecular Hbond substituents is 1. The average Bonchev–Trinajstić information content (AvgIpc) is 2.82. The molecule has 0 saturated heterocycles. The minimum Gasteiger partial charge on any atom is -0.508 e. The van der Waals surface area contributed by atoms with Crippen LogP contribution in [0.3, 0.4) is 0 Å². The Morgan fingerprint density at radius 1 is 0.892 bits per heavy atom. The Labute approximate surface area is 217 Å². The summed E-state index contributed by atoms with van der Waals surface area (Å²) in [5.41, 5.74) is 12.0. The molecule has 0 aliphatic heterocycles. The average molecular weight is 524 g/mol. The Hall–Kier alpha value is -3.22. The van der Waals surface area contributed by atoms with Gasteiger partial charge >= 0.3 is 5.97 Å². The van der Waals surface area contributed by atoms with Gasteiger partial charge in [-0.2, -0.15) is 0 Å². The van der Waals surface area contributed by atoms with E-state index in [1.54, 1.807) is 12.1 Å². The second-order valence-electron chi connectivity index (χ2n) is 9.58. The number of benzene rings is 1. The number of aromatic hydroxyl groups is 1. The highest BCUT2D eigenvalue weighted by Gasteiger charge is 2.32. The van der Waals surface area contributed by atoms with E-state index in [0.29, 0.717) is 31.4 Å². The van der Waals surface area contributed by atoms with Crippen molar-refractivity contribution in [2.45, 2.75) is 83.1 Å². The maximum absolute atomic E-state index is 13.2. The molecule has 0 saturated carbocycles. The quantitative estimate of drug-likeness (QED) is 0.129. The van der Waals surface area contributed by atoms with Gasteiger partial charge < -0.3 is 42.7 Å². The fourth-order valence-electron chi connectivity index (χ4n) is 3.61. The number of amides is 3. The third-order valence-electron chi connectivity index (χ3n) is 5.70. The Balaban J connectivity index is 3.10. The first-order valence-corrected chi connectivity index (χ1v) is 12.4. The van der Waals surface area contributed by atoms with E-state index in [1.807, 2.05) is 13.8 Å². The summed E-state index contributed by atoms with van der Waals surface area (Å²) in [6.45, 7) is 5.44. The standard InChI is InChI=1S/C25H41N5O7/c1-14(2)12-19(28-22(33)18(27)6-4-5-11-26)23(34)29-20(13-16-7-9-17(32)10-8-16)24(35)30-21(15(3)31)25(36)37/h7-10,14-15,18-21,31-32H,4-6,11-13,26-27H2,1-3H3,(H,28,33)(H,29,34)(H,30,35)(H,36,37). The Morgan fingerprint density at radius 3 is 1.97 bits per heavy atom. The molecule has 37 heavy (non-hydrogen) atoms. The highest BCUT2D eigenvalue weighted by Crippen LogP contribution is 2.13. The summed E-state index contributed by atoms with van der Waals surface area (Å²) in [6, 6.07) is 1.29. The number of aliphatic hydroxyl groups excluding tert-OH is 1. The van der Waals surface area contributed by atoms with Gasteiger partial charge in [0, 0.05) is 6.42 Å². The lowest BCUT2D eigenvalue weighted by atomic mass is 10.00. The van der Waals surface area contributed by atoms with Crippen molar-refractivity contribution < 1.29 is 34.5 Å². The molecule has 0 bridgehead atoms. The zero-order valence-electron chi connectivity index (χ0n) is 21.6. The fraction of sp³-hybridized carbons (Fsp3) is 0.600. The number of carboxylic acid groups (broad SMARTS) is 1. The van der Waals surface area contributed by atoms with Gasteiger partial charge in [0.05, 0.1) is 12.1 Å². The maximum Gasteiger partial charge on any atom is 0.328 e. The molecule has 1 aromatic rings. The molecule has 10 N–H and O–H groups in total. The van der Waals surface area contributed by atoms with Crippen molar-refractivity contribution in [3.63, 3.8) is 0 Å². The topological polar surface area (TPSA) is 217 Å². The molecule has 12 nitrogen and oxygen atoms in total. The minimum absolute atomic E-state index is 0.0105. The molecule has 5 atom stereocenters. The van der Waals surface area contributed by atoms with Crippen molar-refractivity contribution in [2.75, 3.05) is 6.54 Å². The van der Waals surface area contributed by atoms with Gasteiger partial charge in [-0.3, -0.25) is 14.4 Å². The summed E-state index contributed by atoms with van der Waals surface area (Å²) in [4.78, 5) is 50.4. The summed E-state index contributed by atoms with van der Waals surface area (Å²) in [5.74, 6) is -3.39. The van der Waals surface area contributed by atoms with E-state index in [1.165, 1.54) is 19.1 Å². The van der Waals surface area contributed by atoms with E-state index in [-0.39, 0.29) is 24.5 Å². The predicted molar refractivity (Wildman–Crippen MR) is 137 cm³/mol. The molecule has 1 rings (SSSR count). The van der Waals surface area contributed by atoms with Gasteiger partial charge in [-0.05, 0) is 56.3 Å². The van der Waals surface area contributed by atoms with Gasteiger partial charge in [-0.1, -0.05) is 32.4 Å². The Kier molecular flexibility index (Phi) is 13.6. The van der Waals surface area contributed by atoms with Crippen LogP contribution in [-0.4, -0.2) is 75.8 Å². The van der Waals surface area contributed by atoms with Crippen LogP contribution in [0.5, 0.6) is 5.75 Å². The lowest BCUT2D eigenvalue weighted by Crippen LogP contribution is -2.59. The van der Waals surface area contributed by atoms with Gasteiger partial charge in [0.1, 0.15) is 17.8 Å². The Morgan fingerprint density at radius 2 is 1.46 bits per heavy atom. The highest BCUT2D eigenvalue weighted by atomic mass is 16.4. The lowest BCUT2D eigenvalue weighted by molar-refractivity contribution is -0.145. The summed E-state index contributed by atoms with van der Waals surface area (Å²) in [5, 5.41) is 36.1. The van der Waals surface area contributed by atoms with Crippen molar-refractivity contribution in [1.29, 1.82) is 0 Å². The van der Waals surface area contributed by atoms with Crippen LogP contribution >= 0.6 is 0 Å². The second kappa shape index (κ2) is 15.8. The highest BCUT2D eigenvalue weighted by molar-refractivity contribution is 5.94. The van der Waals surface area contributed by atoms with Crippen LogP contribution in [-0.2, 0) is 25.6 Å². The first kappa shape index (κ1) is 31.8. The smallest absolute Gasteiger partial charge is 0.328 e. The summed E-state index contributed by atoms with van der Waals surface area (Å²) in [7, 11) is 0. The van der Waals surface area contributed by atoms with Crippen LogP contribution < -0.4 is 27.4 Å². The number of phenols is 1. The SMILES string of the molecule is CC(C)CC(NC(=O)C(N)CCCCN)C(=O)NC(Cc1ccc(O)cc1)C(=O)NC(C(=O)O)C(C)O. The number of carbonyl (C=O) groups excluding carboxylic acids is 3. The van der Waals surface area contributed by atoms with Gasteiger partial charge in [-0.25, -0.2) is 4.79 Å². The number of hydrogen-bond donors (Lipinski definition) is 8. The predicted octanol–water partition coefficient (Wildman–Crippen LogP) is -0.643. The van der Waals surface area contributed by atoms with E-state index in [9.17, 15) is 34.5 Å². The number of carbonyl (C=O) groups is 4. The molecule has 0 spiro atoms. The summed E-state index contributed by atoms with van der Waals surface area (Å²) < 4.78 is 0. The molecule has 0 aromatic heterocycles. The van der Waals surface area contributed by atoms with E-state index in [2.05, 4.69) is 16.0 Å². The van der Waals surface area contributed by atoms with Crippen molar-refractivity contribution in [1.82, 2.24) is 16.0 Å². The van der Waals surface area contributed by atoms with Crippen LogP contribution in [0.15, 0.2) is 24.3 Å². The van der Waals surface area contributed by atoms with Crippen molar-refractivity contribution >= 4 is 23.7 Å². The van der Waals surface area contributed by atoms with Gasteiger partial charge in [0.2, 0.25) is 17.7 Å². The second-order valence-corrected chi connectivity index (χ2v) is 9.58. The molecule has 1 aromatic carbocycles. The monoisotopic (exact) mass is 523 g/mol. The van der Waals surface area contributed by atoms with E-state index in [4.69, 9.17) is 11.5 Å². The number of aliphatic hydroxyl groups is 1. The Bertz CT molecular complexity index is 892. The maximum atomic E-state index is 13.2. The van der Waals surface area contributed by atoms with Crippen LogP contribution in [0.2, 0.25) is 0 Å². The van der Waals surface area contributed by atoms with Crippen molar-refractivity contribution in [3.05, 3.63) is 29.8 Å². The van der Waals surface area contributed by atoms with Crippen LogP contribution in [0.25, 0.3) is 0 Å². The number of hydrogen-bond acceptors (Lipinski definition) is 8. The van der Waals surface area contributed by atoms with E-state index in [0.717, 1.165) is 0 Å². The molecule has 0 aliphatic carbocycles. The lowest BCUT2D eigenvalue weighted by Gasteiger charge is -2.26. The van der Waals surface area contributed by atoms with E-state index < -0.39 is 54.0 Å². The first-order valence-electron chi connectivity index (χ1n) is 12.4. The van der Waals surface area contributed by atoms with Gasteiger partial charge in [0.15, 0.2) is 6.04 Å². The number of nitrogens with one attached hydrogen (secondary N) is 3. The largest absolute Gasteiger partial charge is 0.508 e. The third-order valence-corrected chi connectivity index (χ3v) is 5.70. The number of rotatable bonds is 16. The zero-order chi connectivity index (χ0) is 28.1. The van der Waals surface area contributed by atoms with Crippen molar-refractivity contribution in [3.8, 4) is 5.75 Å². The molecule has 5 unspecified atom stereocenters. The molecule has 0 fully saturated rings. The molecular weight excluding hydrogens is 482 g/mol. The van der Waals surface area contributed by atoms with E-state index >= 15 is 0 Å². The molecular formula is C25H41N5O7. The number of carboxylic acids is 1. The normalized spacial score (nSPS) is 15.2. The minimum atomic E-state index is -1.59. The van der Waals surface area contributed by atoms with Crippen LogP contribution in [0, 0.1) is 5.92 Å². The number of nitrogens with two attached hydrogens (primary N) is 2. The molecule has 0 radical (unpaired) electrons. The number of aliphatic carboxylic acids is 1. The first-order chi connectivity index (χ1) is 17.3. The fourth-order valence-corrected chi connectivity index (χ4v) is 3.61. The van der Waals surface area contributed by atoms with Gasteiger partial charge in [0.25, 0.3) is 0 Å². The molecule has 3 amide bonds. The molecule has 0 aliphatic rings. The molecule has 0 heterocycles. The zero-order valence-corrected chi connectivity index (χ0v) is 21.6. The summed E-state index contributed by atoms with van der Waals surface area (Å²) in [6.07, 6.45) is 0.627. The molecule has 12 heteroatoms. The van der Waals surface area contributed by atoms with Gasteiger partial charge in [-0.15, -0.1) is 0 Å². The van der Waals surface area contributed by atoms with Crippen LogP contribution in [0.1, 0.15) is 52.0 Å². The number of unbranched alkanes of at least 4 members (excludes halogenated alkanes) is 1.